The number of piperidine rings is 1. The summed E-state index contributed by atoms with van der Waals surface area (Å²) in [6.45, 7) is 4.23. The van der Waals surface area contributed by atoms with Crippen LogP contribution < -0.4 is 9.64 Å². The standard InChI is InChI=1S/C40H41N3O6/c1-40-30(37(46)43(39(40)48)25-12-7-4-8-13-25)22-29-27(35(40)34-31(44)14-9-15-32(34)49-2)16-17-28-33(29)38(47)42(36(28)45)26-18-20-41(21-19-26)23-24-10-5-3-6-11-24/h3-16,26,28-30,33,35,44H,17-23H2,1-2H3/t28-,29+,30-,33-,35+,40+/m0/s1. The molecule has 0 unspecified atom stereocenters. The van der Waals surface area contributed by atoms with E-state index < -0.39 is 35.0 Å². The van der Waals surface area contributed by atoms with E-state index in [9.17, 15) is 24.3 Å². The van der Waals surface area contributed by atoms with Crippen molar-refractivity contribution in [2.24, 2.45) is 29.1 Å². The van der Waals surface area contributed by atoms with E-state index in [0.717, 1.165) is 25.2 Å². The van der Waals surface area contributed by atoms with Crippen molar-refractivity contribution in [2.45, 2.75) is 51.1 Å². The molecule has 0 radical (unpaired) electrons. The van der Waals surface area contributed by atoms with Gasteiger partial charge >= 0.3 is 0 Å². The summed E-state index contributed by atoms with van der Waals surface area (Å²) in [6, 6.07) is 24.0. The number of aromatic hydroxyl groups is 1. The largest absolute Gasteiger partial charge is 0.508 e. The van der Waals surface area contributed by atoms with Crippen LogP contribution in [-0.4, -0.2) is 64.8 Å². The van der Waals surface area contributed by atoms with Gasteiger partial charge in [-0.25, -0.2) is 4.90 Å². The van der Waals surface area contributed by atoms with E-state index in [0.29, 0.717) is 36.3 Å². The SMILES string of the molecule is COc1cccc(O)c1[C@H]1C2=CC[C@@H]3C(=O)N(C4CCN(Cc5ccccc5)CC4)C(=O)[C@@H]3[C@@H]2C[C@H]2C(=O)N(c3ccccc3)C(=O)[C@@]12C. The van der Waals surface area contributed by atoms with E-state index in [2.05, 4.69) is 17.0 Å². The Labute approximate surface area is 286 Å². The third-order valence-corrected chi connectivity index (χ3v) is 12.0. The predicted molar refractivity (Wildman–Crippen MR) is 182 cm³/mol. The molecule has 2 aliphatic carbocycles. The molecule has 0 aromatic heterocycles. The zero-order valence-corrected chi connectivity index (χ0v) is 27.8. The Morgan fingerprint density at radius 3 is 2.22 bits per heavy atom. The molecule has 9 heteroatoms. The number of anilines is 1. The van der Waals surface area contributed by atoms with Gasteiger partial charge in [0.05, 0.1) is 36.0 Å². The Morgan fingerprint density at radius 1 is 0.837 bits per heavy atom. The van der Waals surface area contributed by atoms with Crippen LogP contribution in [0.4, 0.5) is 5.69 Å². The number of hydrogen-bond acceptors (Lipinski definition) is 7. The van der Waals surface area contributed by atoms with Crippen LogP contribution in [0.15, 0.2) is 90.5 Å². The minimum absolute atomic E-state index is 0.0378. The number of amides is 4. The lowest BCUT2D eigenvalue weighted by molar-refractivity contribution is -0.144. The first-order chi connectivity index (χ1) is 23.7. The third-order valence-electron chi connectivity index (χ3n) is 12.0. The highest BCUT2D eigenvalue weighted by Crippen LogP contribution is 2.65. The Morgan fingerprint density at radius 2 is 1.53 bits per heavy atom. The van der Waals surface area contributed by atoms with Crippen LogP contribution in [0.25, 0.3) is 0 Å². The number of nitrogens with zero attached hydrogens (tertiary/aromatic N) is 3. The van der Waals surface area contributed by atoms with Crippen molar-refractivity contribution in [3.63, 3.8) is 0 Å². The number of fused-ring (bicyclic) bond motifs is 4. The van der Waals surface area contributed by atoms with Crippen LogP contribution in [0.2, 0.25) is 0 Å². The van der Waals surface area contributed by atoms with Crippen molar-refractivity contribution in [1.82, 2.24) is 9.80 Å². The maximum atomic E-state index is 14.6. The maximum absolute atomic E-state index is 14.6. The molecule has 3 aromatic rings. The van der Waals surface area contributed by atoms with Gasteiger partial charge in [-0.3, -0.25) is 29.0 Å². The summed E-state index contributed by atoms with van der Waals surface area (Å²) in [5.74, 6) is -3.70. The van der Waals surface area contributed by atoms with Crippen LogP contribution in [0.1, 0.15) is 49.7 Å². The van der Waals surface area contributed by atoms with E-state index in [1.807, 2.05) is 37.3 Å². The van der Waals surface area contributed by atoms with Crippen molar-refractivity contribution >= 4 is 29.3 Å². The molecule has 8 rings (SSSR count). The van der Waals surface area contributed by atoms with Gasteiger partial charge in [-0.1, -0.05) is 66.2 Å². The fraction of sp³-hybridized carbons (Fsp3) is 0.400. The van der Waals surface area contributed by atoms with E-state index >= 15 is 0 Å². The molecule has 9 nitrogen and oxygen atoms in total. The summed E-state index contributed by atoms with van der Waals surface area (Å²) in [5, 5.41) is 11.4. The Balaban J connectivity index is 1.14. The number of methoxy groups -OCH3 is 1. The summed E-state index contributed by atoms with van der Waals surface area (Å²) in [5.41, 5.74) is 1.73. The van der Waals surface area contributed by atoms with Crippen LogP contribution in [0.3, 0.4) is 0 Å². The number of benzene rings is 3. The first-order valence-corrected chi connectivity index (χ1v) is 17.4. The second kappa shape index (κ2) is 12.0. The summed E-state index contributed by atoms with van der Waals surface area (Å²) in [4.78, 5) is 62.8. The van der Waals surface area contributed by atoms with Crippen molar-refractivity contribution in [3.05, 3.63) is 102 Å². The highest BCUT2D eigenvalue weighted by molar-refractivity contribution is 6.24. The molecule has 5 aliphatic rings. The lowest BCUT2D eigenvalue weighted by Crippen LogP contribution is -2.49. The molecule has 4 fully saturated rings. The van der Waals surface area contributed by atoms with Gasteiger partial charge in [-0.15, -0.1) is 0 Å². The Hall–Kier alpha value is -4.76. The number of phenols is 1. The minimum atomic E-state index is -1.26. The van der Waals surface area contributed by atoms with Crippen molar-refractivity contribution in [3.8, 4) is 11.5 Å². The molecule has 0 spiro atoms. The molecule has 3 aliphatic heterocycles. The fourth-order valence-electron chi connectivity index (χ4n) is 9.71. The first kappa shape index (κ1) is 31.5. The number of allylic oxidation sites excluding steroid dienone is 2. The van der Waals surface area contributed by atoms with E-state index in [1.165, 1.54) is 17.6 Å². The normalized spacial score (nSPS) is 30.2. The fourth-order valence-corrected chi connectivity index (χ4v) is 9.71. The number of phenolic OH excluding ortho intramolecular Hbond substituents is 1. The molecule has 4 amide bonds. The number of rotatable bonds is 6. The third kappa shape index (κ3) is 4.76. The zero-order valence-electron chi connectivity index (χ0n) is 27.8. The van der Waals surface area contributed by atoms with Gasteiger partial charge in [-0.05, 0) is 68.4 Å². The van der Waals surface area contributed by atoms with Gasteiger partial charge in [0, 0.05) is 37.2 Å². The summed E-state index contributed by atoms with van der Waals surface area (Å²) < 4.78 is 5.76. The number of carbonyl (C=O) groups is 4. The number of hydrogen-bond donors (Lipinski definition) is 1. The average Bonchev–Trinajstić information content (AvgIpc) is 3.49. The van der Waals surface area contributed by atoms with Gasteiger partial charge in [0.2, 0.25) is 23.6 Å². The van der Waals surface area contributed by atoms with Crippen molar-refractivity contribution in [1.29, 1.82) is 0 Å². The van der Waals surface area contributed by atoms with Gasteiger partial charge < -0.3 is 9.84 Å². The smallest absolute Gasteiger partial charge is 0.241 e. The van der Waals surface area contributed by atoms with Crippen LogP contribution in [0.5, 0.6) is 11.5 Å². The monoisotopic (exact) mass is 659 g/mol. The molecular weight excluding hydrogens is 618 g/mol. The number of carbonyl (C=O) groups excluding carboxylic acids is 4. The molecule has 6 atom stereocenters. The predicted octanol–water partition coefficient (Wildman–Crippen LogP) is 5.30. The average molecular weight is 660 g/mol. The molecule has 252 valence electrons. The molecule has 49 heavy (non-hydrogen) atoms. The number of imide groups is 2. The number of para-hydroxylation sites is 1. The summed E-state index contributed by atoms with van der Waals surface area (Å²) >= 11 is 0. The highest BCUT2D eigenvalue weighted by atomic mass is 16.5. The Kier molecular flexibility index (Phi) is 7.70. The molecular formula is C40H41N3O6. The second-order valence-electron chi connectivity index (χ2n) is 14.4. The van der Waals surface area contributed by atoms with E-state index in [1.54, 1.807) is 47.4 Å². The molecule has 3 saturated heterocycles. The number of likely N-dealkylation sites (tertiary alicyclic amines) is 2. The molecule has 1 saturated carbocycles. The lowest BCUT2D eigenvalue weighted by Gasteiger charge is -2.49. The summed E-state index contributed by atoms with van der Waals surface area (Å²) in [6.07, 6.45) is 4.08. The van der Waals surface area contributed by atoms with E-state index in [-0.39, 0.29) is 41.8 Å². The van der Waals surface area contributed by atoms with Gasteiger partial charge in [0.1, 0.15) is 11.5 Å². The van der Waals surface area contributed by atoms with Crippen LogP contribution >= 0.6 is 0 Å². The zero-order chi connectivity index (χ0) is 34.0. The van der Waals surface area contributed by atoms with Crippen molar-refractivity contribution in [2.75, 3.05) is 25.1 Å². The van der Waals surface area contributed by atoms with Crippen LogP contribution in [-0.2, 0) is 25.7 Å². The molecule has 1 N–H and O–H groups in total. The van der Waals surface area contributed by atoms with Gasteiger partial charge in [0.25, 0.3) is 0 Å². The maximum Gasteiger partial charge on any atom is 0.241 e. The Bertz CT molecular complexity index is 1850. The topological polar surface area (TPSA) is 107 Å². The quantitative estimate of drug-likeness (QED) is 0.283. The molecule has 3 aromatic carbocycles. The van der Waals surface area contributed by atoms with Gasteiger partial charge in [0.15, 0.2) is 0 Å². The molecule has 3 heterocycles. The van der Waals surface area contributed by atoms with E-state index in [4.69, 9.17) is 4.74 Å². The second-order valence-corrected chi connectivity index (χ2v) is 14.4. The minimum Gasteiger partial charge on any atom is -0.508 e. The highest BCUT2D eigenvalue weighted by Gasteiger charge is 2.68. The number of ether oxygens (including phenoxy) is 1. The molecule has 0 bridgehead atoms. The van der Waals surface area contributed by atoms with Crippen molar-refractivity contribution < 1.29 is 29.0 Å². The van der Waals surface area contributed by atoms with Gasteiger partial charge in [-0.2, -0.15) is 0 Å². The first-order valence-electron chi connectivity index (χ1n) is 17.4. The lowest BCUT2D eigenvalue weighted by atomic mass is 9.51. The summed E-state index contributed by atoms with van der Waals surface area (Å²) in [7, 11) is 1.52. The van der Waals surface area contributed by atoms with Crippen LogP contribution in [0, 0.1) is 29.1 Å².